The van der Waals surface area contributed by atoms with Gasteiger partial charge in [0.05, 0.1) is 11.0 Å². The first-order valence-corrected chi connectivity index (χ1v) is 10.1. The van der Waals surface area contributed by atoms with Crippen molar-refractivity contribution in [2.75, 3.05) is 0 Å². The molecule has 6 rings (SSSR count). The van der Waals surface area contributed by atoms with Crippen molar-refractivity contribution < 1.29 is 4.79 Å². The molecule has 29 heavy (non-hydrogen) atoms. The summed E-state index contributed by atoms with van der Waals surface area (Å²) in [5.41, 5.74) is 4.58. The lowest BCUT2D eigenvalue weighted by molar-refractivity contribution is 0.112. The van der Waals surface area contributed by atoms with Gasteiger partial charge >= 0.3 is 0 Å². The highest BCUT2D eigenvalue weighted by Crippen LogP contribution is 2.37. The van der Waals surface area contributed by atoms with Crippen LogP contribution in [-0.4, -0.2) is 21.2 Å². The van der Waals surface area contributed by atoms with E-state index in [2.05, 4.69) is 44.1 Å². The van der Waals surface area contributed by atoms with Crippen molar-refractivity contribution in [2.24, 2.45) is 0 Å². The summed E-state index contributed by atoms with van der Waals surface area (Å²) in [6.07, 6.45) is 2.87. The zero-order valence-electron chi connectivity index (χ0n) is 15.2. The monoisotopic (exact) mass is 439 g/mol. The maximum atomic E-state index is 11.4. The summed E-state index contributed by atoms with van der Waals surface area (Å²) in [4.78, 5) is 23.2. The minimum absolute atomic E-state index is 0.654. The van der Waals surface area contributed by atoms with Crippen LogP contribution in [0.4, 0.5) is 0 Å². The molecule has 138 valence electrons. The van der Waals surface area contributed by atoms with Crippen LogP contribution in [0.2, 0.25) is 0 Å². The van der Waals surface area contributed by atoms with Gasteiger partial charge in [-0.2, -0.15) is 0 Å². The maximum absolute atomic E-state index is 11.4. The Morgan fingerprint density at radius 3 is 2.55 bits per heavy atom. The second-order valence-electron chi connectivity index (χ2n) is 7.17. The number of hydrogen-bond donors (Lipinski definition) is 2. The van der Waals surface area contributed by atoms with Crippen LogP contribution in [-0.2, 0) is 0 Å². The number of hydrogen-bond acceptors (Lipinski definition) is 2. The van der Waals surface area contributed by atoms with Crippen molar-refractivity contribution >= 4 is 65.7 Å². The number of benzene rings is 4. The molecule has 4 aromatic carbocycles. The lowest BCUT2D eigenvalue weighted by atomic mass is 9.98. The van der Waals surface area contributed by atoms with E-state index in [9.17, 15) is 4.79 Å². The van der Waals surface area contributed by atoms with E-state index in [1.54, 1.807) is 0 Å². The molecule has 5 heteroatoms. The van der Waals surface area contributed by atoms with Gasteiger partial charge < -0.3 is 9.97 Å². The topological polar surface area (TPSA) is 61.5 Å². The zero-order valence-corrected chi connectivity index (χ0v) is 16.7. The molecule has 0 bridgehead atoms. The van der Waals surface area contributed by atoms with E-state index >= 15 is 0 Å². The number of imidazole rings is 1. The van der Waals surface area contributed by atoms with Crippen LogP contribution in [0.15, 0.2) is 71.3 Å². The first-order valence-electron chi connectivity index (χ1n) is 9.29. The summed E-state index contributed by atoms with van der Waals surface area (Å²) >= 11 is 3.56. The molecule has 2 N–H and O–H groups in total. The molecule has 0 saturated carbocycles. The first-order chi connectivity index (χ1) is 14.2. The highest BCUT2D eigenvalue weighted by molar-refractivity contribution is 9.10. The van der Waals surface area contributed by atoms with Gasteiger partial charge in [0, 0.05) is 43.5 Å². The molecule has 0 spiro atoms. The van der Waals surface area contributed by atoms with Gasteiger partial charge in [-0.15, -0.1) is 0 Å². The van der Waals surface area contributed by atoms with Gasteiger partial charge in [0.15, 0.2) is 0 Å². The van der Waals surface area contributed by atoms with E-state index in [0.29, 0.717) is 5.56 Å². The minimum Gasteiger partial charge on any atom is -0.360 e. The standard InChI is InChI=1S/C24H14BrN3O/c25-14-6-8-21-18(10-14)20(11-26-21)24-27-22-17-4-2-1-3-15(17)16-7-5-13(12-29)9-19(16)23(22)28-24/h1-12,26H,(H,27,28). The summed E-state index contributed by atoms with van der Waals surface area (Å²) in [6, 6.07) is 20.2. The molecule has 0 atom stereocenters. The summed E-state index contributed by atoms with van der Waals surface area (Å²) < 4.78 is 1.02. The number of aldehydes is 1. The molecule has 2 aromatic heterocycles. The lowest BCUT2D eigenvalue weighted by Crippen LogP contribution is -1.85. The van der Waals surface area contributed by atoms with Gasteiger partial charge in [0.2, 0.25) is 0 Å². The van der Waals surface area contributed by atoms with Crippen molar-refractivity contribution in [3.8, 4) is 11.4 Å². The Kier molecular flexibility index (Phi) is 3.43. The highest BCUT2D eigenvalue weighted by Gasteiger charge is 2.16. The fourth-order valence-electron chi connectivity index (χ4n) is 4.18. The third kappa shape index (κ3) is 2.37. The number of halogens is 1. The molecule has 0 aliphatic carbocycles. The Hall–Kier alpha value is -3.44. The summed E-state index contributed by atoms with van der Waals surface area (Å²) in [7, 11) is 0. The number of H-pyrrole nitrogens is 2. The van der Waals surface area contributed by atoms with Crippen LogP contribution >= 0.6 is 15.9 Å². The number of aromatic nitrogens is 3. The summed E-state index contributed by atoms with van der Waals surface area (Å²) in [5.74, 6) is 0.804. The van der Waals surface area contributed by atoms with E-state index < -0.39 is 0 Å². The van der Waals surface area contributed by atoms with Gasteiger partial charge in [0.25, 0.3) is 0 Å². The van der Waals surface area contributed by atoms with Gasteiger partial charge in [-0.3, -0.25) is 4.79 Å². The molecule has 0 aliphatic rings. The Bertz CT molecular complexity index is 1590. The van der Waals surface area contributed by atoms with E-state index in [0.717, 1.165) is 65.6 Å². The fourth-order valence-corrected chi connectivity index (χ4v) is 4.54. The highest BCUT2D eigenvalue weighted by atomic mass is 79.9. The molecular formula is C24H14BrN3O. The third-order valence-electron chi connectivity index (χ3n) is 5.52. The van der Waals surface area contributed by atoms with E-state index in [-0.39, 0.29) is 0 Å². The van der Waals surface area contributed by atoms with Gasteiger partial charge in [-0.05, 0) is 35.0 Å². The van der Waals surface area contributed by atoms with Gasteiger partial charge in [-0.25, -0.2) is 4.98 Å². The lowest BCUT2D eigenvalue weighted by Gasteiger charge is -2.06. The predicted molar refractivity (Wildman–Crippen MR) is 121 cm³/mol. The SMILES string of the molecule is O=Cc1ccc2c3ccccc3c3nc(-c4c[nH]c5ccc(Br)cc45)[nH]c3c2c1. The van der Waals surface area contributed by atoms with Crippen molar-refractivity contribution in [1.82, 2.24) is 15.0 Å². The van der Waals surface area contributed by atoms with Crippen LogP contribution in [0, 0.1) is 0 Å². The molecular weight excluding hydrogens is 426 g/mol. The number of rotatable bonds is 2. The van der Waals surface area contributed by atoms with Crippen LogP contribution in [0.25, 0.3) is 54.9 Å². The van der Waals surface area contributed by atoms with Gasteiger partial charge in [0.1, 0.15) is 12.1 Å². The summed E-state index contributed by atoms with van der Waals surface area (Å²) in [5, 5.41) is 5.43. The third-order valence-corrected chi connectivity index (χ3v) is 6.02. The van der Waals surface area contributed by atoms with Crippen molar-refractivity contribution in [3.63, 3.8) is 0 Å². The number of nitrogens with one attached hydrogen (secondary N) is 2. The predicted octanol–water partition coefficient (Wildman–Crippen LogP) is 6.59. The molecule has 4 nitrogen and oxygen atoms in total. The molecule has 0 amide bonds. The molecule has 0 aliphatic heterocycles. The molecule has 0 fully saturated rings. The smallest absolute Gasteiger partial charge is 0.150 e. The second-order valence-corrected chi connectivity index (χ2v) is 8.09. The molecule has 6 aromatic rings. The zero-order chi connectivity index (χ0) is 19.5. The van der Waals surface area contributed by atoms with Crippen molar-refractivity contribution in [3.05, 3.63) is 76.9 Å². The number of fused-ring (bicyclic) bond motifs is 7. The van der Waals surface area contributed by atoms with E-state index in [4.69, 9.17) is 4.98 Å². The first kappa shape index (κ1) is 16.5. The Morgan fingerprint density at radius 2 is 1.69 bits per heavy atom. The summed E-state index contributed by atoms with van der Waals surface area (Å²) in [6.45, 7) is 0. The van der Waals surface area contributed by atoms with Crippen LogP contribution in [0.5, 0.6) is 0 Å². The minimum atomic E-state index is 0.654. The molecule has 2 heterocycles. The molecule has 0 unspecified atom stereocenters. The van der Waals surface area contributed by atoms with Crippen molar-refractivity contribution in [2.45, 2.75) is 0 Å². The van der Waals surface area contributed by atoms with E-state index in [1.807, 2.05) is 48.7 Å². The fraction of sp³-hybridized carbons (Fsp3) is 0. The normalized spacial score (nSPS) is 11.8. The Balaban J connectivity index is 1.76. The number of aromatic amines is 2. The Labute approximate surface area is 173 Å². The van der Waals surface area contributed by atoms with Gasteiger partial charge in [-0.1, -0.05) is 52.3 Å². The Morgan fingerprint density at radius 1 is 0.862 bits per heavy atom. The average molecular weight is 440 g/mol. The number of nitrogens with zero attached hydrogens (tertiary/aromatic N) is 1. The second kappa shape index (κ2) is 6.03. The largest absolute Gasteiger partial charge is 0.360 e. The van der Waals surface area contributed by atoms with Crippen LogP contribution in [0.1, 0.15) is 10.4 Å². The van der Waals surface area contributed by atoms with Crippen LogP contribution in [0.3, 0.4) is 0 Å². The molecule has 0 radical (unpaired) electrons. The quantitative estimate of drug-likeness (QED) is 0.236. The number of carbonyl (C=O) groups is 1. The molecule has 0 saturated heterocycles. The van der Waals surface area contributed by atoms with Crippen LogP contribution < -0.4 is 0 Å². The number of carbonyl (C=O) groups excluding carboxylic acids is 1. The average Bonchev–Trinajstić information content (AvgIpc) is 3.37. The maximum Gasteiger partial charge on any atom is 0.150 e. The van der Waals surface area contributed by atoms with Crippen molar-refractivity contribution in [1.29, 1.82) is 0 Å². The van der Waals surface area contributed by atoms with E-state index in [1.165, 1.54) is 0 Å².